The van der Waals surface area contributed by atoms with E-state index in [4.69, 9.17) is 20.0 Å². The molecule has 0 fully saturated rings. The molecule has 0 saturated carbocycles. The number of benzene rings is 1. The van der Waals surface area contributed by atoms with Gasteiger partial charge in [0.25, 0.3) is 0 Å². The fourth-order valence-electron chi connectivity index (χ4n) is 3.76. The van der Waals surface area contributed by atoms with E-state index >= 15 is 0 Å². The zero-order valence-electron chi connectivity index (χ0n) is 20.3. The van der Waals surface area contributed by atoms with Crippen LogP contribution in [0.1, 0.15) is 57.5 Å². The van der Waals surface area contributed by atoms with E-state index in [1.165, 1.54) is 0 Å². The second-order valence-corrected chi connectivity index (χ2v) is 9.57. The average Bonchev–Trinajstić information content (AvgIpc) is 3.34. The number of rotatable bonds is 8. The van der Waals surface area contributed by atoms with Crippen molar-refractivity contribution in [3.8, 4) is 17.1 Å². The van der Waals surface area contributed by atoms with Gasteiger partial charge >= 0.3 is 0 Å². The maximum atomic E-state index is 6.07. The van der Waals surface area contributed by atoms with Crippen LogP contribution in [0.15, 0.2) is 71.5 Å². The van der Waals surface area contributed by atoms with Crippen LogP contribution in [0.25, 0.3) is 11.4 Å². The summed E-state index contributed by atoms with van der Waals surface area (Å²) in [7, 11) is 0. The molecular formula is C27H31N5O2. The van der Waals surface area contributed by atoms with Gasteiger partial charge in [0, 0.05) is 17.2 Å². The topological polar surface area (TPSA) is 100.0 Å². The molecule has 7 heteroatoms. The predicted molar refractivity (Wildman–Crippen MR) is 131 cm³/mol. The third-order valence-corrected chi connectivity index (χ3v) is 6.26. The van der Waals surface area contributed by atoms with E-state index in [9.17, 15) is 0 Å². The lowest BCUT2D eigenvalue weighted by Crippen LogP contribution is -2.31. The van der Waals surface area contributed by atoms with Gasteiger partial charge in [-0.15, -0.1) is 0 Å². The second kappa shape index (κ2) is 9.35. The Balaban J connectivity index is 1.55. The van der Waals surface area contributed by atoms with Crippen LogP contribution in [0.4, 0.5) is 0 Å². The van der Waals surface area contributed by atoms with Crippen LogP contribution >= 0.6 is 0 Å². The summed E-state index contributed by atoms with van der Waals surface area (Å²) in [5.41, 5.74) is 8.99. The van der Waals surface area contributed by atoms with Crippen molar-refractivity contribution < 1.29 is 9.26 Å². The molecule has 1 atom stereocenters. The largest absolute Gasteiger partial charge is 0.486 e. The molecule has 0 aliphatic rings. The smallest absolute Gasteiger partial charge is 0.246 e. The predicted octanol–water partition coefficient (Wildman–Crippen LogP) is 5.26. The molecule has 2 N–H and O–H groups in total. The molecule has 0 aliphatic heterocycles. The lowest BCUT2D eigenvalue weighted by molar-refractivity contribution is 0.299. The van der Waals surface area contributed by atoms with Gasteiger partial charge in [-0.1, -0.05) is 49.3 Å². The Morgan fingerprint density at radius 2 is 1.74 bits per heavy atom. The maximum Gasteiger partial charge on any atom is 0.246 e. The van der Waals surface area contributed by atoms with Gasteiger partial charge in [-0.2, -0.15) is 4.98 Å². The van der Waals surface area contributed by atoms with Crippen molar-refractivity contribution in [2.45, 2.75) is 52.2 Å². The normalized spacial score (nSPS) is 13.6. The van der Waals surface area contributed by atoms with Gasteiger partial charge in [0.05, 0.1) is 23.1 Å². The van der Waals surface area contributed by atoms with Crippen LogP contribution in [-0.4, -0.2) is 20.1 Å². The number of ether oxygens (including phenoxy) is 1. The van der Waals surface area contributed by atoms with Crippen LogP contribution in [0.5, 0.6) is 5.75 Å². The van der Waals surface area contributed by atoms with E-state index in [1.54, 1.807) is 12.4 Å². The Kier molecular flexibility index (Phi) is 6.48. The van der Waals surface area contributed by atoms with Crippen molar-refractivity contribution in [2.24, 2.45) is 11.7 Å². The van der Waals surface area contributed by atoms with Gasteiger partial charge in [0.1, 0.15) is 12.4 Å². The number of hydrogen-bond acceptors (Lipinski definition) is 7. The Morgan fingerprint density at radius 1 is 0.971 bits per heavy atom. The number of nitrogens with zero attached hydrogens (tertiary/aromatic N) is 4. The van der Waals surface area contributed by atoms with Crippen LogP contribution in [-0.2, 0) is 17.6 Å². The Hall–Kier alpha value is -3.58. The molecule has 1 unspecified atom stereocenters. The Labute approximate surface area is 200 Å². The minimum Gasteiger partial charge on any atom is -0.486 e. The van der Waals surface area contributed by atoms with E-state index in [0.717, 1.165) is 22.5 Å². The minimum absolute atomic E-state index is 0.292. The van der Waals surface area contributed by atoms with Crippen molar-refractivity contribution in [2.75, 3.05) is 0 Å². The number of hydrogen-bond donors (Lipinski definition) is 1. The lowest BCUT2D eigenvalue weighted by Gasteiger charge is -2.34. The summed E-state index contributed by atoms with van der Waals surface area (Å²) < 4.78 is 11.2. The monoisotopic (exact) mass is 457 g/mol. The van der Waals surface area contributed by atoms with Crippen LogP contribution in [0, 0.1) is 5.92 Å². The first-order chi connectivity index (χ1) is 16.2. The summed E-state index contributed by atoms with van der Waals surface area (Å²) in [5, 5.41) is 4.09. The highest BCUT2D eigenvalue weighted by molar-refractivity contribution is 5.56. The zero-order valence-corrected chi connectivity index (χ0v) is 20.3. The van der Waals surface area contributed by atoms with Gasteiger partial charge in [0.15, 0.2) is 0 Å². The summed E-state index contributed by atoms with van der Waals surface area (Å²) in [5.74, 6) is 1.96. The Bertz CT molecular complexity index is 1210. The van der Waals surface area contributed by atoms with Gasteiger partial charge in [-0.3, -0.25) is 9.97 Å². The fraction of sp³-hybridized carbons (Fsp3) is 0.333. The van der Waals surface area contributed by atoms with E-state index < -0.39 is 5.54 Å². The molecule has 4 rings (SSSR count). The molecule has 0 amide bonds. The summed E-state index contributed by atoms with van der Waals surface area (Å²) in [6.07, 6.45) is 3.54. The minimum atomic E-state index is -0.680. The first-order valence-corrected chi connectivity index (χ1v) is 11.4. The SMILES string of the molecule is CC(C)C(C)(c1ccc(-c2noc(C(C)(C)N)n2)cc1)c1ccc(OCc2ccccn2)cn1. The third kappa shape index (κ3) is 4.84. The summed E-state index contributed by atoms with van der Waals surface area (Å²) in [6.45, 7) is 10.7. The summed E-state index contributed by atoms with van der Waals surface area (Å²) in [6, 6.07) is 18.0. The first kappa shape index (κ1) is 23.6. The zero-order chi connectivity index (χ0) is 24.3. The van der Waals surface area contributed by atoms with E-state index in [-0.39, 0.29) is 5.41 Å². The summed E-state index contributed by atoms with van der Waals surface area (Å²) in [4.78, 5) is 13.5. The Morgan fingerprint density at radius 3 is 2.29 bits per heavy atom. The second-order valence-electron chi connectivity index (χ2n) is 9.57. The van der Waals surface area contributed by atoms with Crippen molar-refractivity contribution in [1.82, 2.24) is 20.1 Å². The van der Waals surface area contributed by atoms with Crippen LogP contribution in [0.2, 0.25) is 0 Å². The molecule has 4 aromatic rings. The lowest BCUT2D eigenvalue weighted by atomic mass is 9.70. The molecule has 0 saturated heterocycles. The van der Waals surface area contributed by atoms with E-state index in [1.807, 2.05) is 56.3 Å². The van der Waals surface area contributed by atoms with E-state index in [2.05, 4.69) is 48.0 Å². The molecule has 34 heavy (non-hydrogen) atoms. The van der Waals surface area contributed by atoms with Gasteiger partial charge in [0.2, 0.25) is 11.7 Å². The highest BCUT2D eigenvalue weighted by Crippen LogP contribution is 2.39. The number of nitrogens with two attached hydrogens (primary N) is 1. The van der Waals surface area contributed by atoms with Crippen molar-refractivity contribution >= 4 is 0 Å². The standard InChI is InChI=1S/C27H31N5O2/c1-18(2)27(5,23-14-13-22(16-30-23)33-17-21-8-6-7-15-29-21)20-11-9-19(10-12-20)24-31-25(34-32-24)26(3,4)28/h6-16,18H,17,28H2,1-5H3. The van der Waals surface area contributed by atoms with Crippen LogP contribution in [0.3, 0.4) is 0 Å². The summed E-state index contributed by atoms with van der Waals surface area (Å²) >= 11 is 0. The molecule has 3 heterocycles. The molecular weight excluding hydrogens is 426 g/mol. The highest BCUT2D eigenvalue weighted by atomic mass is 16.5. The number of pyridine rings is 2. The van der Waals surface area contributed by atoms with Crippen molar-refractivity contribution in [3.63, 3.8) is 0 Å². The van der Waals surface area contributed by atoms with Gasteiger partial charge in [-0.25, -0.2) is 0 Å². The molecule has 0 spiro atoms. The maximum absolute atomic E-state index is 6.07. The molecule has 176 valence electrons. The fourth-order valence-corrected chi connectivity index (χ4v) is 3.76. The first-order valence-electron chi connectivity index (χ1n) is 11.4. The molecule has 3 aromatic heterocycles. The molecule has 0 bridgehead atoms. The van der Waals surface area contributed by atoms with E-state index in [0.29, 0.717) is 30.0 Å². The van der Waals surface area contributed by atoms with Crippen molar-refractivity contribution in [1.29, 1.82) is 0 Å². The van der Waals surface area contributed by atoms with Gasteiger partial charge < -0.3 is 15.0 Å². The third-order valence-electron chi connectivity index (χ3n) is 6.26. The molecule has 1 aromatic carbocycles. The number of aromatic nitrogens is 4. The molecule has 0 radical (unpaired) electrons. The van der Waals surface area contributed by atoms with Crippen molar-refractivity contribution in [3.05, 3.63) is 89.8 Å². The van der Waals surface area contributed by atoms with Crippen LogP contribution < -0.4 is 10.5 Å². The molecule has 0 aliphatic carbocycles. The quantitative estimate of drug-likeness (QED) is 0.385. The average molecular weight is 458 g/mol. The highest BCUT2D eigenvalue weighted by Gasteiger charge is 2.34. The van der Waals surface area contributed by atoms with Gasteiger partial charge in [-0.05, 0) is 56.5 Å². The molecule has 7 nitrogen and oxygen atoms in total.